The molecule has 0 aromatic heterocycles. The van der Waals surface area contributed by atoms with Gasteiger partial charge in [-0.05, 0) is 37.8 Å². The van der Waals surface area contributed by atoms with Crippen LogP contribution in [0.2, 0.25) is 0 Å². The fraction of sp³-hybridized carbons (Fsp3) is 0.500. The van der Waals surface area contributed by atoms with E-state index >= 15 is 0 Å². The number of carbonyl (C=O) groups excluding carboxylic acids is 1. The number of hydrogen-bond acceptors (Lipinski definition) is 1. The van der Waals surface area contributed by atoms with Crippen molar-refractivity contribution in [3.05, 3.63) is 35.4 Å². The van der Waals surface area contributed by atoms with Gasteiger partial charge in [0, 0.05) is 17.9 Å². The molecule has 1 aromatic carbocycles. The summed E-state index contributed by atoms with van der Waals surface area (Å²) in [6.45, 7) is 1.52. The van der Waals surface area contributed by atoms with Crippen molar-refractivity contribution in [1.29, 1.82) is 0 Å². The largest absolute Gasteiger partial charge is 0.300 e. The highest BCUT2D eigenvalue weighted by atomic mass is 19.3. The smallest absolute Gasteiger partial charge is 0.276 e. The second-order valence-corrected chi connectivity index (χ2v) is 4.80. The number of rotatable bonds is 5. The first kappa shape index (κ1) is 12.2. The fourth-order valence-corrected chi connectivity index (χ4v) is 1.94. The van der Waals surface area contributed by atoms with E-state index in [2.05, 4.69) is 0 Å². The molecule has 0 heterocycles. The number of benzene rings is 1. The van der Waals surface area contributed by atoms with Crippen LogP contribution in [0.25, 0.3) is 0 Å². The molecule has 0 radical (unpaired) electrons. The van der Waals surface area contributed by atoms with Crippen LogP contribution in [0.4, 0.5) is 8.78 Å². The average molecular weight is 238 g/mol. The van der Waals surface area contributed by atoms with Crippen LogP contribution < -0.4 is 0 Å². The average Bonchev–Trinajstić information content (AvgIpc) is 3.11. The molecule has 0 spiro atoms. The van der Waals surface area contributed by atoms with E-state index in [1.54, 1.807) is 18.2 Å². The number of aryl methyl sites for hydroxylation is 1. The SMILES string of the molecule is CC(=O)CCc1cccc(C(F)(F)C2CC2)c1. The topological polar surface area (TPSA) is 17.1 Å². The summed E-state index contributed by atoms with van der Waals surface area (Å²) in [6.07, 6.45) is 2.19. The monoisotopic (exact) mass is 238 g/mol. The molecular weight excluding hydrogens is 222 g/mol. The van der Waals surface area contributed by atoms with E-state index in [-0.39, 0.29) is 11.3 Å². The molecule has 1 aliphatic rings. The van der Waals surface area contributed by atoms with Crippen LogP contribution in [0.15, 0.2) is 24.3 Å². The van der Waals surface area contributed by atoms with Crippen molar-refractivity contribution in [2.24, 2.45) is 5.92 Å². The molecule has 2 rings (SSSR count). The second-order valence-electron chi connectivity index (χ2n) is 4.80. The lowest BCUT2D eigenvalue weighted by atomic mass is 9.99. The van der Waals surface area contributed by atoms with Crippen LogP contribution in [0.5, 0.6) is 0 Å². The van der Waals surface area contributed by atoms with Gasteiger partial charge >= 0.3 is 0 Å². The van der Waals surface area contributed by atoms with Crippen LogP contribution in [-0.4, -0.2) is 5.78 Å². The van der Waals surface area contributed by atoms with Gasteiger partial charge in [-0.3, -0.25) is 0 Å². The van der Waals surface area contributed by atoms with E-state index in [1.807, 2.05) is 0 Å². The first-order chi connectivity index (χ1) is 8.00. The number of ketones is 1. The molecule has 0 saturated heterocycles. The summed E-state index contributed by atoms with van der Waals surface area (Å²) in [4.78, 5) is 10.9. The molecule has 1 saturated carbocycles. The summed E-state index contributed by atoms with van der Waals surface area (Å²) in [6, 6.07) is 6.48. The minimum absolute atomic E-state index is 0.0874. The molecular formula is C14H16F2O. The molecule has 1 fully saturated rings. The van der Waals surface area contributed by atoms with Gasteiger partial charge in [0.25, 0.3) is 5.92 Å². The third-order valence-corrected chi connectivity index (χ3v) is 3.17. The molecule has 17 heavy (non-hydrogen) atoms. The summed E-state index contributed by atoms with van der Waals surface area (Å²) in [5.41, 5.74) is 0.916. The van der Waals surface area contributed by atoms with Crippen LogP contribution in [0.3, 0.4) is 0 Å². The van der Waals surface area contributed by atoms with Crippen LogP contribution >= 0.6 is 0 Å². The maximum absolute atomic E-state index is 13.9. The Morgan fingerprint density at radius 2 is 2.12 bits per heavy atom. The van der Waals surface area contributed by atoms with E-state index in [0.29, 0.717) is 25.7 Å². The van der Waals surface area contributed by atoms with Crippen molar-refractivity contribution in [3.63, 3.8) is 0 Å². The summed E-state index contributed by atoms with van der Waals surface area (Å²) in [5.74, 6) is -3.10. The lowest BCUT2D eigenvalue weighted by Gasteiger charge is -2.16. The van der Waals surface area contributed by atoms with Crippen molar-refractivity contribution in [2.45, 2.75) is 38.5 Å². The molecule has 92 valence electrons. The van der Waals surface area contributed by atoms with Gasteiger partial charge in [0.1, 0.15) is 5.78 Å². The Kier molecular flexibility index (Phi) is 3.27. The number of alkyl halides is 2. The minimum Gasteiger partial charge on any atom is -0.300 e. The molecule has 1 aromatic rings. The quantitative estimate of drug-likeness (QED) is 0.764. The van der Waals surface area contributed by atoms with E-state index in [1.165, 1.54) is 13.0 Å². The lowest BCUT2D eigenvalue weighted by Crippen LogP contribution is -2.16. The van der Waals surface area contributed by atoms with Gasteiger partial charge in [0.05, 0.1) is 0 Å². The molecule has 1 nitrogen and oxygen atoms in total. The van der Waals surface area contributed by atoms with E-state index in [9.17, 15) is 13.6 Å². The predicted octanol–water partition coefficient (Wildman–Crippen LogP) is 3.71. The third-order valence-electron chi connectivity index (χ3n) is 3.17. The van der Waals surface area contributed by atoms with Gasteiger partial charge in [-0.25, -0.2) is 8.78 Å². The highest BCUT2D eigenvalue weighted by molar-refractivity contribution is 5.75. The van der Waals surface area contributed by atoms with Gasteiger partial charge in [-0.2, -0.15) is 0 Å². The fourth-order valence-electron chi connectivity index (χ4n) is 1.94. The zero-order valence-corrected chi connectivity index (χ0v) is 9.88. The van der Waals surface area contributed by atoms with Crippen molar-refractivity contribution in [2.75, 3.05) is 0 Å². The Balaban J connectivity index is 2.13. The van der Waals surface area contributed by atoms with Crippen LogP contribution in [0.1, 0.15) is 37.3 Å². The molecule has 1 aliphatic carbocycles. The third kappa shape index (κ3) is 2.90. The summed E-state index contributed by atoms with van der Waals surface area (Å²) < 4.78 is 27.7. The van der Waals surface area contributed by atoms with Crippen LogP contribution in [-0.2, 0) is 17.1 Å². The predicted molar refractivity (Wildman–Crippen MR) is 62.1 cm³/mol. The molecule has 0 atom stereocenters. The van der Waals surface area contributed by atoms with Gasteiger partial charge in [-0.15, -0.1) is 0 Å². The maximum atomic E-state index is 13.9. The number of hydrogen-bond donors (Lipinski definition) is 0. The zero-order valence-electron chi connectivity index (χ0n) is 9.88. The summed E-state index contributed by atoms with van der Waals surface area (Å²) in [7, 11) is 0. The normalized spacial score (nSPS) is 15.9. The number of carbonyl (C=O) groups is 1. The van der Waals surface area contributed by atoms with Gasteiger partial charge < -0.3 is 4.79 Å². The van der Waals surface area contributed by atoms with E-state index in [0.717, 1.165) is 5.56 Å². The van der Waals surface area contributed by atoms with Gasteiger partial charge in [0.15, 0.2) is 0 Å². The van der Waals surface area contributed by atoms with E-state index in [4.69, 9.17) is 0 Å². The Labute approximate surface area is 99.8 Å². The molecule has 0 bridgehead atoms. The van der Waals surface area contributed by atoms with Crippen molar-refractivity contribution >= 4 is 5.78 Å². The highest BCUT2D eigenvalue weighted by Gasteiger charge is 2.47. The number of Topliss-reactive ketones (excluding diaryl/α,β-unsaturated/α-hetero) is 1. The van der Waals surface area contributed by atoms with Gasteiger partial charge in [0.2, 0.25) is 0 Å². The van der Waals surface area contributed by atoms with Crippen molar-refractivity contribution in [1.82, 2.24) is 0 Å². The second kappa shape index (κ2) is 4.55. The standard InChI is InChI=1S/C14H16F2O/c1-10(17)5-6-11-3-2-4-13(9-11)14(15,16)12-7-8-12/h2-4,9,12H,5-8H2,1H3. The lowest BCUT2D eigenvalue weighted by molar-refractivity contribution is -0.116. The Morgan fingerprint density at radius 1 is 1.41 bits per heavy atom. The molecule has 0 N–H and O–H groups in total. The summed E-state index contributed by atoms with van der Waals surface area (Å²) in [5, 5.41) is 0. The Bertz CT molecular complexity index is 422. The first-order valence-electron chi connectivity index (χ1n) is 5.97. The molecule has 0 amide bonds. The molecule has 0 aliphatic heterocycles. The maximum Gasteiger partial charge on any atom is 0.276 e. The van der Waals surface area contributed by atoms with Crippen LogP contribution in [0, 0.1) is 5.92 Å². The minimum atomic E-state index is -2.70. The summed E-state index contributed by atoms with van der Waals surface area (Å²) >= 11 is 0. The molecule has 3 heteroatoms. The van der Waals surface area contributed by atoms with Gasteiger partial charge in [-0.1, -0.05) is 18.2 Å². The number of halogens is 2. The first-order valence-corrected chi connectivity index (χ1v) is 5.97. The van der Waals surface area contributed by atoms with E-state index < -0.39 is 11.8 Å². The van der Waals surface area contributed by atoms with Crippen molar-refractivity contribution in [3.8, 4) is 0 Å². The Hall–Kier alpha value is -1.25. The Morgan fingerprint density at radius 3 is 2.71 bits per heavy atom. The molecule has 0 unspecified atom stereocenters. The zero-order chi connectivity index (χ0) is 12.5. The van der Waals surface area contributed by atoms with Crippen molar-refractivity contribution < 1.29 is 13.6 Å². The highest BCUT2D eigenvalue weighted by Crippen LogP contribution is 2.49.